The maximum atomic E-state index is 4.23. The Bertz CT molecular complexity index is 353. The van der Waals surface area contributed by atoms with Crippen LogP contribution in [-0.4, -0.2) is 9.38 Å². The fraction of sp³-hybridized carbons (Fsp3) is 0.143. The normalized spacial score (nSPS) is 11.3. The summed E-state index contributed by atoms with van der Waals surface area (Å²) in [6, 6.07) is 6.10. The quantitative estimate of drug-likeness (QED) is 0.562. The van der Waals surface area contributed by atoms with Gasteiger partial charge in [0.25, 0.3) is 0 Å². The van der Waals surface area contributed by atoms with Crippen molar-refractivity contribution in [2.75, 3.05) is 0 Å². The van der Waals surface area contributed by atoms with E-state index in [2.05, 4.69) is 17.9 Å². The number of hydrogen-bond acceptors (Lipinski definition) is 1. The van der Waals surface area contributed by atoms with Gasteiger partial charge >= 0.3 is 0 Å². The lowest BCUT2D eigenvalue weighted by Crippen LogP contribution is -1.82. The van der Waals surface area contributed by atoms with E-state index in [0.29, 0.717) is 0 Å². The van der Waals surface area contributed by atoms with E-state index in [9.17, 15) is 0 Å². The van der Waals surface area contributed by atoms with Crippen LogP contribution in [0.5, 0.6) is 0 Å². The van der Waals surface area contributed by atoms with Gasteiger partial charge in [-0.2, -0.15) is 0 Å². The van der Waals surface area contributed by atoms with Gasteiger partial charge in [-0.05, 0) is 19.1 Å². The number of rotatable bonds is 0. The summed E-state index contributed by atoms with van der Waals surface area (Å²) in [7, 11) is 1.08. The molecular weight excluding hydrogens is 143 g/mol. The standard InChI is InChI=1S/C7H7N2P/c1-6-7-4-2-3-5-9(7)8-10-6/h2-5H,1H3. The van der Waals surface area contributed by atoms with Crippen LogP contribution in [-0.2, 0) is 0 Å². The van der Waals surface area contributed by atoms with Gasteiger partial charge in [0, 0.05) is 11.5 Å². The molecule has 2 nitrogen and oxygen atoms in total. The molecule has 0 bridgehead atoms. The van der Waals surface area contributed by atoms with Crippen LogP contribution in [0, 0.1) is 6.92 Å². The summed E-state index contributed by atoms with van der Waals surface area (Å²) in [6.07, 6.45) is 1.97. The Morgan fingerprint density at radius 3 is 3.20 bits per heavy atom. The molecule has 50 valence electrons. The van der Waals surface area contributed by atoms with E-state index in [4.69, 9.17) is 0 Å². The average molecular weight is 150 g/mol. The fourth-order valence-corrected chi connectivity index (χ4v) is 1.63. The van der Waals surface area contributed by atoms with Gasteiger partial charge in [-0.1, -0.05) is 6.07 Å². The molecule has 2 aromatic rings. The van der Waals surface area contributed by atoms with Gasteiger partial charge in [0.05, 0.1) is 13.9 Å². The number of nitrogens with zero attached hydrogens (tertiary/aromatic N) is 2. The fourth-order valence-electron chi connectivity index (χ4n) is 0.965. The summed E-state index contributed by atoms with van der Waals surface area (Å²) in [5, 5.41) is 1.32. The van der Waals surface area contributed by atoms with Crippen LogP contribution >= 0.6 is 8.35 Å². The molecule has 0 aliphatic carbocycles. The first-order valence-corrected chi connectivity index (χ1v) is 3.99. The van der Waals surface area contributed by atoms with Crippen LogP contribution < -0.4 is 0 Å². The van der Waals surface area contributed by atoms with E-state index >= 15 is 0 Å². The van der Waals surface area contributed by atoms with E-state index in [1.165, 1.54) is 10.8 Å². The lowest BCUT2D eigenvalue weighted by molar-refractivity contribution is 1.01. The van der Waals surface area contributed by atoms with Crippen molar-refractivity contribution in [3.05, 3.63) is 29.7 Å². The van der Waals surface area contributed by atoms with E-state index in [-0.39, 0.29) is 0 Å². The molecule has 0 aliphatic rings. The molecule has 0 unspecified atom stereocenters. The number of pyridine rings is 1. The molecule has 0 atom stereocenters. The van der Waals surface area contributed by atoms with Crippen LogP contribution in [0.2, 0.25) is 0 Å². The maximum absolute atomic E-state index is 4.23. The first kappa shape index (κ1) is 5.87. The van der Waals surface area contributed by atoms with Crippen LogP contribution in [0.15, 0.2) is 24.4 Å². The molecule has 0 amide bonds. The number of aryl methyl sites for hydroxylation is 1. The second-order valence-corrected chi connectivity index (χ2v) is 3.26. The van der Waals surface area contributed by atoms with Crippen LogP contribution in [0.25, 0.3) is 5.52 Å². The second-order valence-electron chi connectivity index (χ2n) is 2.21. The lowest BCUT2D eigenvalue weighted by atomic mass is 10.4. The van der Waals surface area contributed by atoms with Gasteiger partial charge < -0.3 is 0 Å². The highest BCUT2D eigenvalue weighted by atomic mass is 31.0. The molecule has 0 radical (unpaired) electrons. The van der Waals surface area contributed by atoms with E-state index in [0.717, 1.165) is 8.35 Å². The van der Waals surface area contributed by atoms with Crippen molar-refractivity contribution in [3.8, 4) is 0 Å². The number of hydrogen-bond donors (Lipinski definition) is 0. The van der Waals surface area contributed by atoms with Gasteiger partial charge in [-0.3, -0.25) is 0 Å². The van der Waals surface area contributed by atoms with Gasteiger partial charge in [0.15, 0.2) is 0 Å². The first-order valence-electron chi connectivity index (χ1n) is 3.14. The average Bonchev–Trinajstić information content (AvgIpc) is 2.34. The first-order chi connectivity index (χ1) is 4.88. The zero-order valence-corrected chi connectivity index (χ0v) is 6.55. The van der Waals surface area contributed by atoms with Crippen LogP contribution in [0.1, 0.15) is 5.30 Å². The molecule has 2 aromatic heterocycles. The Morgan fingerprint density at radius 2 is 2.40 bits per heavy atom. The van der Waals surface area contributed by atoms with Crippen LogP contribution in [0.4, 0.5) is 0 Å². The van der Waals surface area contributed by atoms with Gasteiger partial charge in [0.1, 0.15) is 0 Å². The third kappa shape index (κ3) is 0.729. The van der Waals surface area contributed by atoms with Crippen molar-refractivity contribution >= 4 is 13.9 Å². The molecule has 2 heterocycles. The molecule has 0 aromatic carbocycles. The molecule has 0 fully saturated rings. The van der Waals surface area contributed by atoms with Gasteiger partial charge in [-0.25, -0.2) is 4.52 Å². The summed E-state index contributed by atoms with van der Waals surface area (Å²) in [6.45, 7) is 2.10. The van der Waals surface area contributed by atoms with Crippen molar-refractivity contribution in [3.63, 3.8) is 0 Å². The molecule has 10 heavy (non-hydrogen) atoms. The van der Waals surface area contributed by atoms with Crippen molar-refractivity contribution < 1.29 is 0 Å². The van der Waals surface area contributed by atoms with Crippen molar-refractivity contribution in [2.24, 2.45) is 0 Å². The zero-order valence-electron chi connectivity index (χ0n) is 5.65. The lowest BCUT2D eigenvalue weighted by Gasteiger charge is -1.88. The Labute approximate surface area is 60.7 Å². The second kappa shape index (κ2) is 2.06. The molecule has 3 heteroatoms. The maximum Gasteiger partial charge on any atom is 0.0739 e. The molecule has 0 saturated heterocycles. The van der Waals surface area contributed by atoms with E-state index in [1.807, 2.05) is 22.8 Å². The largest absolute Gasteiger partial charge is 0.236 e. The van der Waals surface area contributed by atoms with Gasteiger partial charge in [0.2, 0.25) is 0 Å². The summed E-state index contributed by atoms with van der Waals surface area (Å²) in [4.78, 5) is 4.23. The highest BCUT2D eigenvalue weighted by Gasteiger charge is 1.95. The molecule has 2 rings (SSSR count). The molecule has 0 N–H and O–H groups in total. The van der Waals surface area contributed by atoms with Crippen molar-refractivity contribution in [2.45, 2.75) is 6.92 Å². The molecule has 0 spiro atoms. The van der Waals surface area contributed by atoms with E-state index < -0.39 is 0 Å². The highest BCUT2D eigenvalue weighted by Crippen LogP contribution is 2.16. The summed E-state index contributed by atoms with van der Waals surface area (Å²) >= 11 is 0. The monoisotopic (exact) mass is 150 g/mol. The predicted molar refractivity (Wildman–Crippen MR) is 42.4 cm³/mol. The topological polar surface area (TPSA) is 17.3 Å². The Morgan fingerprint density at radius 1 is 1.50 bits per heavy atom. The van der Waals surface area contributed by atoms with Crippen molar-refractivity contribution in [1.82, 2.24) is 9.38 Å². The third-order valence-corrected chi connectivity index (χ3v) is 2.31. The Hall–Kier alpha value is -0.880. The summed E-state index contributed by atoms with van der Waals surface area (Å²) in [5.41, 5.74) is 1.23. The SMILES string of the molecule is Cc1pnn2ccccc12. The van der Waals surface area contributed by atoms with Crippen molar-refractivity contribution in [1.29, 1.82) is 0 Å². The minimum atomic E-state index is 1.08. The summed E-state index contributed by atoms with van der Waals surface area (Å²) in [5.74, 6) is 0. The smallest absolute Gasteiger partial charge is 0.0739 e. The predicted octanol–water partition coefficient (Wildman–Crippen LogP) is 2.22. The van der Waals surface area contributed by atoms with Crippen LogP contribution in [0.3, 0.4) is 0 Å². The Kier molecular flexibility index (Phi) is 1.21. The highest BCUT2D eigenvalue weighted by molar-refractivity contribution is 7.26. The summed E-state index contributed by atoms with van der Waals surface area (Å²) < 4.78 is 1.91. The van der Waals surface area contributed by atoms with E-state index in [1.54, 1.807) is 0 Å². The Balaban J connectivity index is 2.93. The number of fused-ring (bicyclic) bond motifs is 1. The minimum absolute atomic E-state index is 1.08. The minimum Gasteiger partial charge on any atom is -0.236 e. The number of aromatic nitrogens is 2. The van der Waals surface area contributed by atoms with Gasteiger partial charge in [-0.15, -0.1) is 4.86 Å². The molecule has 0 saturated carbocycles. The molecule has 0 aliphatic heterocycles. The zero-order chi connectivity index (χ0) is 6.97. The molecular formula is C7H7N2P. The third-order valence-electron chi connectivity index (χ3n) is 1.50.